The van der Waals surface area contributed by atoms with Crippen molar-refractivity contribution in [3.63, 3.8) is 0 Å². The maximum atomic E-state index is 12.7. The molecule has 2 aromatic rings. The Labute approximate surface area is 180 Å². The monoisotopic (exact) mass is 466 g/mol. The summed E-state index contributed by atoms with van der Waals surface area (Å²) in [5, 5.41) is 11.0. The fourth-order valence-electron chi connectivity index (χ4n) is 3.08. The first-order valence-electron chi connectivity index (χ1n) is 9.52. The Morgan fingerprint density at radius 2 is 1.65 bits per heavy atom. The number of nitro groups is 1. The van der Waals surface area contributed by atoms with Crippen LogP contribution in [0.1, 0.15) is 31.2 Å². The maximum Gasteiger partial charge on any atom is 0.270 e. The molecule has 31 heavy (non-hydrogen) atoms. The van der Waals surface area contributed by atoms with Gasteiger partial charge in [0.25, 0.3) is 25.7 Å². The number of anilines is 1. The number of non-ortho nitro benzene ring substituents is 1. The average molecular weight is 467 g/mol. The lowest BCUT2D eigenvalue weighted by molar-refractivity contribution is -0.385. The fourth-order valence-corrected chi connectivity index (χ4v) is 5.49. The van der Waals surface area contributed by atoms with Crippen LogP contribution in [0.5, 0.6) is 0 Å². The van der Waals surface area contributed by atoms with Gasteiger partial charge in [0.2, 0.25) is 0 Å². The molecule has 0 spiro atoms. The molecular weight excluding hydrogens is 444 g/mol. The van der Waals surface area contributed by atoms with Crippen molar-refractivity contribution in [1.82, 2.24) is 4.72 Å². The second-order valence-corrected chi connectivity index (χ2v) is 10.4. The van der Waals surface area contributed by atoms with Gasteiger partial charge >= 0.3 is 0 Å². The van der Waals surface area contributed by atoms with Gasteiger partial charge in [-0.15, -0.1) is 0 Å². The second-order valence-electron chi connectivity index (χ2n) is 7.08. The Bertz CT molecular complexity index is 1220. The van der Waals surface area contributed by atoms with E-state index in [1.807, 2.05) is 0 Å². The number of sulfonamides is 2. The standard InChI is InChI=1S/C19H22N4O6S2/c1-14-6-9-16(23(24)25)13-18(14)31(28,29)21-15-7-10-17(11-8-15)30(26,27)22-19-5-3-2-4-12-20-19/h6-11,13,21H,2-5,12H2,1H3,(H,20,22). The van der Waals surface area contributed by atoms with E-state index in [1.165, 1.54) is 43.3 Å². The van der Waals surface area contributed by atoms with Crippen molar-refractivity contribution in [2.75, 3.05) is 11.3 Å². The summed E-state index contributed by atoms with van der Waals surface area (Å²) in [6.07, 6.45) is 3.33. The van der Waals surface area contributed by atoms with Gasteiger partial charge in [-0.1, -0.05) is 12.5 Å². The first-order chi connectivity index (χ1) is 14.6. The van der Waals surface area contributed by atoms with Crippen molar-refractivity contribution >= 4 is 37.3 Å². The molecule has 3 rings (SSSR count). The Balaban J connectivity index is 1.79. The first kappa shape index (κ1) is 22.7. The highest BCUT2D eigenvalue weighted by Crippen LogP contribution is 2.24. The molecule has 12 heteroatoms. The van der Waals surface area contributed by atoms with Crippen LogP contribution in [0.15, 0.2) is 57.2 Å². The molecule has 0 saturated carbocycles. The van der Waals surface area contributed by atoms with Gasteiger partial charge in [-0.25, -0.2) is 16.8 Å². The molecule has 0 aromatic heterocycles. The second kappa shape index (κ2) is 9.02. The topological polar surface area (TPSA) is 148 Å². The third-order valence-corrected chi connectivity index (χ3v) is 7.64. The van der Waals surface area contributed by atoms with Gasteiger partial charge in [0.1, 0.15) is 5.84 Å². The van der Waals surface area contributed by atoms with E-state index in [9.17, 15) is 26.9 Å². The van der Waals surface area contributed by atoms with E-state index in [0.717, 1.165) is 25.3 Å². The highest BCUT2D eigenvalue weighted by molar-refractivity contribution is 7.92. The zero-order valence-electron chi connectivity index (χ0n) is 16.7. The van der Waals surface area contributed by atoms with Gasteiger partial charge in [-0.2, -0.15) is 0 Å². The normalized spacial score (nSPS) is 14.9. The lowest BCUT2D eigenvalue weighted by Gasteiger charge is -2.12. The third-order valence-electron chi connectivity index (χ3n) is 4.72. The van der Waals surface area contributed by atoms with Crippen LogP contribution in [-0.4, -0.2) is 34.1 Å². The Kier molecular flexibility index (Phi) is 6.60. The predicted molar refractivity (Wildman–Crippen MR) is 116 cm³/mol. The van der Waals surface area contributed by atoms with Crippen molar-refractivity contribution < 1.29 is 21.8 Å². The summed E-state index contributed by atoms with van der Waals surface area (Å²) in [4.78, 5) is 14.3. The summed E-state index contributed by atoms with van der Waals surface area (Å²) in [5.41, 5.74) is 0.113. The summed E-state index contributed by atoms with van der Waals surface area (Å²) in [7, 11) is -7.96. The van der Waals surface area contributed by atoms with Crippen LogP contribution in [0, 0.1) is 17.0 Å². The van der Waals surface area contributed by atoms with Gasteiger partial charge in [-0.3, -0.25) is 24.6 Å². The number of aliphatic imine (C=N–C) groups is 1. The number of nitrogens with zero attached hydrogens (tertiary/aromatic N) is 2. The SMILES string of the molecule is Cc1ccc([N+](=O)[O-])cc1S(=O)(=O)Nc1ccc(S(=O)(=O)NC2=NCCCCC2)cc1. The van der Waals surface area contributed by atoms with Crippen molar-refractivity contribution in [2.24, 2.45) is 4.99 Å². The maximum absolute atomic E-state index is 12.7. The molecule has 0 unspecified atom stereocenters. The number of aryl methyl sites for hydroxylation is 1. The van der Waals surface area contributed by atoms with E-state index >= 15 is 0 Å². The minimum atomic E-state index is -4.11. The van der Waals surface area contributed by atoms with Crippen LogP contribution >= 0.6 is 0 Å². The van der Waals surface area contributed by atoms with Crippen molar-refractivity contribution in [3.8, 4) is 0 Å². The molecule has 1 heterocycles. The van der Waals surface area contributed by atoms with Crippen molar-refractivity contribution in [1.29, 1.82) is 0 Å². The summed E-state index contributed by atoms with van der Waals surface area (Å²) in [5.74, 6) is 0.420. The van der Waals surface area contributed by atoms with E-state index in [-0.39, 0.29) is 21.2 Å². The van der Waals surface area contributed by atoms with Crippen LogP contribution in [0.4, 0.5) is 11.4 Å². The highest BCUT2D eigenvalue weighted by Gasteiger charge is 2.22. The van der Waals surface area contributed by atoms with Crippen LogP contribution in [0.3, 0.4) is 0 Å². The van der Waals surface area contributed by atoms with Gasteiger partial charge in [-0.05, 0) is 49.6 Å². The summed E-state index contributed by atoms with van der Waals surface area (Å²) >= 11 is 0. The van der Waals surface area contributed by atoms with Gasteiger partial charge < -0.3 is 0 Å². The minimum Gasteiger partial charge on any atom is -0.280 e. The summed E-state index contributed by atoms with van der Waals surface area (Å²) in [6.45, 7) is 2.10. The Morgan fingerprint density at radius 3 is 2.32 bits per heavy atom. The molecule has 0 amide bonds. The highest BCUT2D eigenvalue weighted by atomic mass is 32.2. The summed E-state index contributed by atoms with van der Waals surface area (Å²) in [6, 6.07) is 8.73. The zero-order chi connectivity index (χ0) is 22.6. The van der Waals surface area contributed by atoms with E-state index < -0.39 is 25.0 Å². The number of nitro benzene ring substituents is 1. The molecule has 0 radical (unpaired) electrons. The van der Waals surface area contributed by atoms with Gasteiger partial charge in [0.15, 0.2) is 0 Å². The average Bonchev–Trinajstić information content (AvgIpc) is 2.96. The third kappa shape index (κ3) is 5.58. The lowest BCUT2D eigenvalue weighted by atomic mass is 10.2. The molecule has 0 fully saturated rings. The van der Waals surface area contributed by atoms with Crippen LogP contribution in [-0.2, 0) is 20.0 Å². The van der Waals surface area contributed by atoms with E-state index in [1.54, 1.807) is 0 Å². The molecule has 0 saturated heterocycles. The molecule has 0 bridgehead atoms. The van der Waals surface area contributed by atoms with E-state index in [4.69, 9.17) is 0 Å². The quantitative estimate of drug-likeness (QED) is 0.494. The largest absolute Gasteiger partial charge is 0.280 e. The Hall–Kier alpha value is -2.99. The number of rotatable bonds is 6. The van der Waals surface area contributed by atoms with E-state index in [2.05, 4.69) is 14.4 Å². The van der Waals surface area contributed by atoms with E-state index in [0.29, 0.717) is 24.4 Å². The molecule has 10 nitrogen and oxygen atoms in total. The predicted octanol–water partition coefficient (Wildman–Crippen LogP) is 2.95. The molecule has 1 aliphatic rings. The fraction of sp³-hybridized carbons (Fsp3) is 0.316. The number of benzene rings is 2. The molecule has 0 atom stereocenters. The molecule has 1 aliphatic heterocycles. The Morgan fingerprint density at radius 1 is 0.935 bits per heavy atom. The molecule has 2 N–H and O–H groups in total. The molecule has 0 aliphatic carbocycles. The molecular formula is C19H22N4O6S2. The smallest absolute Gasteiger partial charge is 0.270 e. The number of nitrogens with one attached hydrogen (secondary N) is 2. The molecule has 2 aromatic carbocycles. The van der Waals surface area contributed by atoms with Crippen LogP contribution in [0.25, 0.3) is 0 Å². The summed E-state index contributed by atoms with van der Waals surface area (Å²) < 4.78 is 55.4. The number of amidine groups is 1. The van der Waals surface area contributed by atoms with Crippen molar-refractivity contribution in [3.05, 3.63) is 58.1 Å². The van der Waals surface area contributed by atoms with Crippen LogP contribution in [0.2, 0.25) is 0 Å². The minimum absolute atomic E-state index is 0.0334. The number of hydrogen-bond donors (Lipinski definition) is 2. The van der Waals surface area contributed by atoms with Gasteiger partial charge in [0.05, 0.1) is 14.7 Å². The number of hydrogen-bond acceptors (Lipinski definition) is 7. The first-order valence-corrected chi connectivity index (χ1v) is 12.5. The van der Waals surface area contributed by atoms with Crippen LogP contribution < -0.4 is 9.44 Å². The lowest BCUT2D eigenvalue weighted by Crippen LogP contribution is -2.30. The van der Waals surface area contributed by atoms with Crippen molar-refractivity contribution in [2.45, 2.75) is 42.4 Å². The molecule has 166 valence electrons. The zero-order valence-corrected chi connectivity index (χ0v) is 18.4. The van der Waals surface area contributed by atoms with Gasteiger partial charge in [0, 0.05) is 30.8 Å².